The highest BCUT2D eigenvalue weighted by atomic mass is 15.1. The quantitative estimate of drug-likeness (QED) is 0.145. The first-order valence-electron chi connectivity index (χ1n) is 22.4. The fourth-order valence-electron chi connectivity index (χ4n) is 9.38. The number of benzene rings is 10. The molecule has 66 heavy (non-hydrogen) atoms. The van der Waals surface area contributed by atoms with E-state index in [1.54, 1.807) is 0 Å². The van der Waals surface area contributed by atoms with Crippen LogP contribution in [0.25, 0.3) is 94.4 Å². The third kappa shape index (κ3) is 7.17. The summed E-state index contributed by atoms with van der Waals surface area (Å²) in [7, 11) is 0. The van der Waals surface area contributed by atoms with Crippen molar-refractivity contribution in [2.75, 3.05) is 4.90 Å². The van der Waals surface area contributed by atoms with Crippen LogP contribution < -0.4 is 4.90 Å². The topological polar surface area (TPSA) is 34.0 Å². The molecule has 0 radical (unpaired) electrons. The molecule has 0 aliphatic rings. The third-order valence-electron chi connectivity index (χ3n) is 12.6. The minimum atomic E-state index is 0.709. The van der Waals surface area contributed by atoms with Gasteiger partial charge in [-0.05, 0) is 106 Å². The molecule has 0 aliphatic carbocycles. The van der Waals surface area contributed by atoms with Crippen molar-refractivity contribution in [1.82, 2.24) is 14.5 Å². The van der Waals surface area contributed by atoms with Gasteiger partial charge in [0.2, 0.25) is 0 Å². The maximum atomic E-state index is 5.18. The van der Waals surface area contributed by atoms with Crippen LogP contribution in [0.1, 0.15) is 0 Å². The second kappa shape index (κ2) is 16.7. The lowest BCUT2D eigenvalue weighted by Crippen LogP contribution is -2.10. The fraction of sp³-hybridized carbons (Fsp3) is 0. The Labute approximate surface area is 384 Å². The first kappa shape index (κ1) is 38.8. The molecule has 0 unspecified atom stereocenters. The zero-order chi connectivity index (χ0) is 43.8. The number of fused-ring (bicyclic) bond motifs is 4. The number of para-hydroxylation sites is 2. The summed E-state index contributed by atoms with van der Waals surface area (Å²) >= 11 is 0. The summed E-state index contributed by atoms with van der Waals surface area (Å²) < 4.78 is 2.40. The maximum absolute atomic E-state index is 5.18. The Bertz CT molecular complexity index is 3590. The van der Waals surface area contributed by atoms with Gasteiger partial charge in [-0.2, -0.15) is 0 Å². The van der Waals surface area contributed by atoms with Gasteiger partial charge in [0.05, 0.1) is 22.2 Å². The molecule has 4 nitrogen and oxygen atoms in total. The van der Waals surface area contributed by atoms with E-state index in [2.05, 4.69) is 252 Å². The van der Waals surface area contributed by atoms with E-state index < -0.39 is 0 Å². The van der Waals surface area contributed by atoms with Gasteiger partial charge in [-0.25, -0.2) is 9.97 Å². The van der Waals surface area contributed by atoms with Crippen LogP contribution in [0.4, 0.5) is 17.1 Å². The largest absolute Gasteiger partial charge is 0.310 e. The van der Waals surface area contributed by atoms with Crippen molar-refractivity contribution >= 4 is 49.8 Å². The molecule has 310 valence electrons. The van der Waals surface area contributed by atoms with Crippen molar-refractivity contribution in [3.8, 4) is 61.7 Å². The minimum absolute atomic E-state index is 0.709. The Morgan fingerprint density at radius 1 is 0.288 bits per heavy atom. The van der Waals surface area contributed by atoms with Gasteiger partial charge in [0.15, 0.2) is 5.82 Å². The molecule has 2 heterocycles. The predicted molar refractivity (Wildman–Crippen MR) is 276 cm³/mol. The van der Waals surface area contributed by atoms with Crippen LogP contribution in [0.2, 0.25) is 0 Å². The van der Waals surface area contributed by atoms with Gasteiger partial charge in [-0.3, -0.25) is 0 Å². The number of rotatable bonds is 9. The lowest BCUT2D eigenvalue weighted by atomic mass is 10.00. The summed E-state index contributed by atoms with van der Waals surface area (Å²) in [6.45, 7) is 0. The van der Waals surface area contributed by atoms with E-state index in [-0.39, 0.29) is 0 Å². The van der Waals surface area contributed by atoms with Gasteiger partial charge < -0.3 is 9.47 Å². The molecule has 0 aliphatic heterocycles. The second-order valence-corrected chi connectivity index (χ2v) is 16.6. The molecular formula is C62H42N4. The maximum Gasteiger partial charge on any atom is 0.160 e. The van der Waals surface area contributed by atoms with Crippen LogP contribution in [-0.2, 0) is 0 Å². The molecule has 0 spiro atoms. The van der Waals surface area contributed by atoms with E-state index in [1.165, 1.54) is 33.0 Å². The summed E-state index contributed by atoms with van der Waals surface area (Å²) in [6.07, 6.45) is 0. The fourth-order valence-corrected chi connectivity index (χ4v) is 9.38. The number of hydrogen-bond acceptors (Lipinski definition) is 3. The smallest absolute Gasteiger partial charge is 0.160 e. The van der Waals surface area contributed by atoms with E-state index in [9.17, 15) is 0 Å². The lowest BCUT2D eigenvalue weighted by Gasteiger charge is -2.26. The molecule has 4 heteroatoms. The average Bonchev–Trinajstić information content (AvgIpc) is 3.73. The molecular weight excluding hydrogens is 801 g/mol. The van der Waals surface area contributed by atoms with E-state index in [0.29, 0.717) is 5.82 Å². The Balaban J connectivity index is 0.945. The average molecular weight is 843 g/mol. The van der Waals surface area contributed by atoms with Crippen molar-refractivity contribution in [2.24, 2.45) is 0 Å². The van der Waals surface area contributed by atoms with Gasteiger partial charge in [-0.15, -0.1) is 0 Å². The van der Waals surface area contributed by atoms with Crippen molar-refractivity contribution in [3.63, 3.8) is 0 Å². The van der Waals surface area contributed by atoms with E-state index in [4.69, 9.17) is 9.97 Å². The summed E-state index contributed by atoms with van der Waals surface area (Å²) in [6, 6.07) is 90.7. The third-order valence-corrected chi connectivity index (χ3v) is 12.6. The van der Waals surface area contributed by atoms with Crippen LogP contribution in [0.5, 0.6) is 0 Å². The molecule has 2 aromatic heterocycles. The van der Waals surface area contributed by atoms with Crippen molar-refractivity contribution in [3.05, 3.63) is 255 Å². The standard InChI is InChI=1S/C62H42N4/c1-4-16-43(17-5-1)45-30-35-51(36-31-45)65(52-37-32-46(33-38-52)44-18-6-2-7-19-44)53-24-15-25-54(42-53)66-59-29-13-11-26-55(59)57-41-49(34-39-60(57)66)48-22-14-23-50(40-48)62-63-58-28-12-10-27-56(58)61(64-62)47-20-8-3-9-21-47/h1-42H. The summed E-state index contributed by atoms with van der Waals surface area (Å²) in [5.41, 5.74) is 17.5. The van der Waals surface area contributed by atoms with Crippen molar-refractivity contribution in [1.29, 1.82) is 0 Å². The van der Waals surface area contributed by atoms with Crippen molar-refractivity contribution < 1.29 is 0 Å². The molecule has 12 rings (SSSR count). The summed E-state index contributed by atoms with van der Waals surface area (Å²) in [5.74, 6) is 0.709. The van der Waals surface area contributed by atoms with Gasteiger partial charge in [-0.1, -0.05) is 182 Å². The van der Waals surface area contributed by atoms with E-state index in [0.717, 1.165) is 72.6 Å². The Hall–Kier alpha value is -8.86. The van der Waals surface area contributed by atoms with E-state index in [1.807, 2.05) is 12.1 Å². The molecule has 0 bridgehead atoms. The first-order chi connectivity index (χ1) is 32.7. The van der Waals surface area contributed by atoms with Gasteiger partial charge in [0, 0.05) is 50.0 Å². The number of nitrogens with zero attached hydrogens (tertiary/aromatic N) is 4. The lowest BCUT2D eigenvalue weighted by molar-refractivity contribution is 1.17. The van der Waals surface area contributed by atoms with Crippen LogP contribution in [-0.4, -0.2) is 14.5 Å². The zero-order valence-corrected chi connectivity index (χ0v) is 36.0. The molecule has 12 aromatic rings. The predicted octanol–water partition coefficient (Wildman–Crippen LogP) is 16.5. The second-order valence-electron chi connectivity index (χ2n) is 16.6. The molecule has 0 saturated carbocycles. The summed E-state index contributed by atoms with van der Waals surface area (Å²) in [4.78, 5) is 12.6. The number of hydrogen-bond donors (Lipinski definition) is 0. The van der Waals surface area contributed by atoms with Crippen molar-refractivity contribution in [2.45, 2.75) is 0 Å². The molecule has 0 amide bonds. The summed E-state index contributed by atoms with van der Waals surface area (Å²) in [5, 5.41) is 3.43. The molecule has 0 N–H and O–H groups in total. The van der Waals surface area contributed by atoms with Crippen LogP contribution in [0.15, 0.2) is 255 Å². The zero-order valence-electron chi connectivity index (χ0n) is 36.0. The molecule has 0 saturated heterocycles. The number of anilines is 3. The van der Waals surface area contributed by atoms with Gasteiger partial charge in [0.1, 0.15) is 0 Å². The highest BCUT2D eigenvalue weighted by molar-refractivity contribution is 6.10. The van der Waals surface area contributed by atoms with Gasteiger partial charge in [0.25, 0.3) is 0 Å². The van der Waals surface area contributed by atoms with Gasteiger partial charge >= 0.3 is 0 Å². The SMILES string of the molecule is c1ccc(-c2ccc(N(c3ccc(-c4ccccc4)cc3)c3cccc(-n4c5ccccc5c5cc(-c6cccc(-c7nc(-c8ccccc8)c8ccccc8n7)c6)ccc54)c3)cc2)cc1. The normalized spacial score (nSPS) is 11.3. The highest BCUT2D eigenvalue weighted by Gasteiger charge is 2.18. The Morgan fingerprint density at radius 2 is 0.788 bits per heavy atom. The molecule has 10 aromatic carbocycles. The Morgan fingerprint density at radius 3 is 1.47 bits per heavy atom. The van der Waals surface area contributed by atoms with E-state index >= 15 is 0 Å². The van der Waals surface area contributed by atoms with Crippen LogP contribution >= 0.6 is 0 Å². The highest BCUT2D eigenvalue weighted by Crippen LogP contribution is 2.41. The van der Waals surface area contributed by atoms with Crippen LogP contribution in [0, 0.1) is 0 Å². The monoisotopic (exact) mass is 842 g/mol. The molecule has 0 atom stereocenters. The first-order valence-corrected chi connectivity index (χ1v) is 22.4. The number of aromatic nitrogens is 3. The van der Waals surface area contributed by atoms with Crippen LogP contribution in [0.3, 0.4) is 0 Å². The molecule has 0 fully saturated rings. The Kier molecular flexibility index (Phi) is 9.81. The minimum Gasteiger partial charge on any atom is -0.310 e.